The van der Waals surface area contributed by atoms with Gasteiger partial charge >= 0.3 is 0 Å². The van der Waals surface area contributed by atoms with Gasteiger partial charge in [-0.2, -0.15) is 0 Å². The number of hydrogen-bond acceptors (Lipinski definition) is 4. The summed E-state index contributed by atoms with van der Waals surface area (Å²) in [5.41, 5.74) is 0.843. The zero-order valence-electron chi connectivity index (χ0n) is 14.1. The van der Waals surface area contributed by atoms with E-state index in [4.69, 9.17) is 4.74 Å². The van der Waals surface area contributed by atoms with E-state index in [9.17, 15) is 14.7 Å². The van der Waals surface area contributed by atoms with Crippen molar-refractivity contribution in [1.29, 1.82) is 0 Å². The summed E-state index contributed by atoms with van der Waals surface area (Å²) in [6.07, 6.45) is 2.61. The molecule has 1 aliphatic carbocycles. The number of hydrogen-bond donors (Lipinski definition) is 1. The van der Waals surface area contributed by atoms with Crippen molar-refractivity contribution in [1.82, 2.24) is 4.90 Å². The summed E-state index contributed by atoms with van der Waals surface area (Å²) in [6, 6.07) is 9.72. The quantitative estimate of drug-likeness (QED) is 0.832. The number of aryl methyl sites for hydroxylation is 1. The van der Waals surface area contributed by atoms with Crippen LogP contribution in [0, 0.1) is 5.41 Å². The average molecular weight is 331 g/mol. The lowest BCUT2D eigenvalue weighted by Crippen LogP contribution is -2.62. The van der Waals surface area contributed by atoms with E-state index in [1.807, 2.05) is 30.3 Å². The molecule has 1 heterocycles. The molecule has 2 atom stereocenters. The van der Waals surface area contributed by atoms with Crippen LogP contribution in [0.15, 0.2) is 30.3 Å². The lowest BCUT2D eigenvalue weighted by molar-refractivity contribution is -0.202. The Morgan fingerprint density at radius 3 is 2.50 bits per heavy atom. The van der Waals surface area contributed by atoms with Crippen LogP contribution in [0.5, 0.6) is 0 Å². The minimum Gasteiger partial charge on any atom is -0.392 e. The summed E-state index contributed by atoms with van der Waals surface area (Å²) in [7, 11) is 1.67. The number of carbonyl (C=O) groups is 2. The number of piperidine rings is 1. The summed E-state index contributed by atoms with van der Waals surface area (Å²) < 4.78 is 5.45. The maximum absolute atomic E-state index is 12.4. The molecule has 5 heteroatoms. The van der Waals surface area contributed by atoms with E-state index < -0.39 is 0 Å². The number of aliphatic hydroxyl groups excluding tert-OH is 1. The van der Waals surface area contributed by atoms with Crippen LogP contribution < -0.4 is 0 Å². The lowest BCUT2D eigenvalue weighted by atomic mass is 9.58. The molecule has 1 spiro atoms. The van der Waals surface area contributed by atoms with Crippen LogP contribution >= 0.6 is 0 Å². The fourth-order valence-corrected chi connectivity index (χ4v) is 4.02. The third kappa shape index (κ3) is 3.10. The molecule has 2 aliphatic rings. The van der Waals surface area contributed by atoms with Gasteiger partial charge in [-0.15, -0.1) is 0 Å². The number of rotatable bonds is 5. The molecule has 1 N–H and O–H groups in total. The molecular weight excluding hydrogens is 306 g/mol. The maximum atomic E-state index is 12.4. The van der Waals surface area contributed by atoms with Gasteiger partial charge in [-0.1, -0.05) is 30.3 Å². The SMILES string of the molecule is CO[C@@H]1C[C@H](O)C12CCN(C(=O)C(=O)CCc1ccccc1)CC2. The first-order valence-electron chi connectivity index (χ1n) is 8.64. The average Bonchev–Trinajstić information content (AvgIpc) is 2.64. The van der Waals surface area contributed by atoms with E-state index in [1.54, 1.807) is 12.0 Å². The van der Waals surface area contributed by atoms with Crippen molar-refractivity contribution in [2.45, 2.75) is 44.3 Å². The highest BCUT2D eigenvalue weighted by Gasteiger charge is 2.56. The predicted molar refractivity (Wildman–Crippen MR) is 89.4 cm³/mol. The van der Waals surface area contributed by atoms with Crippen LogP contribution in [0.25, 0.3) is 0 Å². The van der Waals surface area contributed by atoms with Crippen molar-refractivity contribution in [3.63, 3.8) is 0 Å². The lowest BCUT2D eigenvalue weighted by Gasteiger charge is -2.56. The second-order valence-corrected chi connectivity index (χ2v) is 6.91. The number of Topliss-reactive ketones (excluding diaryl/α,β-unsaturated/α-hetero) is 1. The first kappa shape index (κ1) is 17.1. The maximum Gasteiger partial charge on any atom is 0.289 e. The molecule has 24 heavy (non-hydrogen) atoms. The van der Waals surface area contributed by atoms with Crippen LogP contribution in [0.1, 0.15) is 31.2 Å². The van der Waals surface area contributed by atoms with E-state index in [-0.39, 0.29) is 35.7 Å². The van der Waals surface area contributed by atoms with Crippen molar-refractivity contribution >= 4 is 11.7 Å². The molecule has 0 bridgehead atoms. The molecule has 5 nitrogen and oxygen atoms in total. The van der Waals surface area contributed by atoms with Crippen molar-refractivity contribution in [3.8, 4) is 0 Å². The molecule has 1 aromatic carbocycles. The minimum atomic E-state index is -0.386. The van der Waals surface area contributed by atoms with E-state index in [0.29, 0.717) is 38.8 Å². The second-order valence-electron chi connectivity index (χ2n) is 6.91. The van der Waals surface area contributed by atoms with Crippen molar-refractivity contribution in [2.75, 3.05) is 20.2 Å². The van der Waals surface area contributed by atoms with Gasteiger partial charge in [0.1, 0.15) is 0 Å². The standard InChI is InChI=1S/C19H25NO4/c1-24-17-13-16(22)19(17)9-11-20(12-10-19)18(23)15(21)8-7-14-5-3-2-4-6-14/h2-6,16-17,22H,7-13H2,1H3/t16-,17+/m0/s1. The van der Waals surface area contributed by atoms with E-state index in [1.165, 1.54) is 0 Å². The van der Waals surface area contributed by atoms with Crippen molar-refractivity contribution in [2.24, 2.45) is 5.41 Å². The number of ketones is 1. The van der Waals surface area contributed by atoms with Gasteiger partial charge in [-0.25, -0.2) is 0 Å². The summed E-state index contributed by atoms with van der Waals surface area (Å²) >= 11 is 0. The van der Waals surface area contributed by atoms with Crippen LogP contribution in [-0.2, 0) is 20.7 Å². The molecule has 0 aromatic heterocycles. The van der Waals surface area contributed by atoms with Crippen LogP contribution in [0.2, 0.25) is 0 Å². The van der Waals surface area contributed by atoms with Gasteiger partial charge in [0.15, 0.2) is 0 Å². The first-order valence-corrected chi connectivity index (χ1v) is 8.64. The number of amides is 1. The summed E-state index contributed by atoms with van der Waals surface area (Å²) in [4.78, 5) is 26.2. The molecule has 3 rings (SSSR count). The summed E-state index contributed by atoms with van der Waals surface area (Å²) in [6.45, 7) is 1.04. The minimum absolute atomic E-state index is 0.0681. The number of aliphatic hydroxyl groups is 1. The Morgan fingerprint density at radius 2 is 1.92 bits per heavy atom. The number of benzene rings is 1. The fourth-order valence-electron chi connectivity index (χ4n) is 4.02. The van der Waals surface area contributed by atoms with Gasteiger partial charge in [0, 0.05) is 38.5 Å². The Balaban J connectivity index is 1.51. The van der Waals surface area contributed by atoms with Crippen molar-refractivity contribution < 1.29 is 19.4 Å². The van der Waals surface area contributed by atoms with Gasteiger partial charge < -0.3 is 14.7 Å². The Bertz CT molecular complexity index is 593. The number of carbonyl (C=O) groups excluding carboxylic acids is 2. The molecule has 130 valence electrons. The third-order valence-corrected chi connectivity index (χ3v) is 5.73. The summed E-state index contributed by atoms with van der Waals surface area (Å²) in [5, 5.41) is 10.1. The molecule has 0 radical (unpaired) electrons. The molecule has 1 amide bonds. The smallest absolute Gasteiger partial charge is 0.289 e. The topological polar surface area (TPSA) is 66.8 Å². The number of nitrogens with zero attached hydrogens (tertiary/aromatic N) is 1. The van der Waals surface area contributed by atoms with Gasteiger partial charge in [-0.3, -0.25) is 9.59 Å². The Labute approximate surface area is 142 Å². The Hall–Kier alpha value is -1.72. The monoisotopic (exact) mass is 331 g/mol. The highest BCUT2D eigenvalue weighted by molar-refractivity contribution is 6.36. The van der Waals surface area contributed by atoms with Crippen LogP contribution in [-0.4, -0.2) is 54.1 Å². The second kappa shape index (κ2) is 7.03. The van der Waals surface area contributed by atoms with E-state index in [0.717, 1.165) is 5.56 Å². The molecule has 2 fully saturated rings. The zero-order valence-corrected chi connectivity index (χ0v) is 14.1. The highest BCUT2D eigenvalue weighted by Crippen LogP contribution is 2.50. The van der Waals surface area contributed by atoms with Gasteiger partial charge in [-0.05, 0) is 24.8 Å². The van der Waals surface area contributed by atoms with Crippen LogP contribution in [0.3, 0.4) is 0 Å². The Kier molecular flexibility index (Phi) is 5.01. The first-order chi connectivity index (χ1) is 11.6. The Morgan fingerprint density at radius 1 is 1.25 bits per heavy atom. The van der Waals surface area contributed by atoms with E-state index in [2.05, 4.69) is 0 Å². The predicted octanol–water partition coefficient (Wildman–Crippen LogP) is 1.58. The molecule has 1 aliphatic heterocycles. The van der Waals surface area contributed by atoms with Gasteiger partial charge in [0.2, 0.25) is 5.78 Å². The molecular formula is C19H25NO4. The van der Waals surface area contributed by atoms with E-state index >= 15 is 0 Å². The van der Waals surface area contributed by atoms with Gasteiger partial charge in [0.25, 0.3) is 5.91 Å². The molecule has 1 aromatic rings. The van der Waals surface area contributed by atoms with Crippen molar-refractivity contribution in [3.05, 3.63) is 35.9 Å². The zero-order chi connectivity index (χ0) is 17.2. The number of likely N-dealkylation sites (tertiary alicyclic amines) is 1. The number of ether oxygens (including phenoxy) is 1. The van der Waals surface area contributed by atoms with Gasteiger partial charge in [0.05, 0.1) is 12.2 Å². The third-order valence-electron chi connectivity index (χ3n) is 5.73. The summed E-state index contributed by atoms with van der Waals surface area (Å²) in [5.74, 6) is -0.712. The molecule has 1 saturated heterocycles. The largest absolute Gasteiger partial charge is 0.392 e. The van der Waals surface area contributed by atoms with Crippen LogP contribution in [0.4, 0.5) is 0 Å². The fraction of sp³-hybridized carbons (Fsp3) is 0.579. The number of methoxy groups -OCH3 is 1. The normalized spacial score (nSPS) is 25.3. The molecule has 1 saturated carbocycles. The molecule has 0 unspecified atom stereocenters. The highest BCUT2D eigenvalue weighted by atomic mass is 16.5.